The number of rotatable bonds is 3. The Bertz CT molecular complexity index is 930. The van der Waals surface area contributed by atoms with Crippen molar-refractivity contribution in [1.29, 1.82) is 5.41 Å². The molecule has 7 heteroatoms. The highest BCUT2D eigenvalue weighted by molar-refractivity contribution is 9.10. The maximum absolute atomic E-state index is 7.46. The Morgan fingerprint density at radius 2 is 1.96 bits per heavy atom. The van der Waals surface area contributed by atoms with E-state index in [1.54, 1.807) is 30.5 Å². The number of pyridine rings is 1. The van der Waals surface area contributed by atoms with Gasteiger partial charge in [0.15, 0.2) is 5.82 Å². The van der Waals surface area contributed by atoms with Gasteiger partial charge >= 0.3 is 0 Å². The minimum Gasteiger partial charge on any atom is -0.384 e. The average Bonchev–Trinajstić information content (AvgIpc) is 2.54. The van der Waals surface area contributed by atoms with Gasteiger partial charge in [-0.05, 0) is 24.3 Å². The number of nitrogens with one attached hydrogen (secondary N) is 1. The Hall–Kier alpha value is -2.80. The molecule has 3 aromatic rings. The molecule has 0 fully saturated rings. The second-order valence-corrected chi connectivity index (χ2v) is 5.80. The molecule has 0 aliphatic heterocycles. The molecule has 0 aliphatic carbocycles. The number of hydrogen-bond acceptors (Lipinski definition) is 5. The Kier molecular flexibility index (Phi) is 4.03. The van der Waals surface area contributed by atoms with Gasteiger partial charge in [0.25, 0.3) is 0 Å². The zero-order valence-electron chi connectivity index (χ0n) is 12.0. The number of nitrogens with two attached hydrogens (primary N) is 2. The Labute approximate surface area is 140 Å². The SMILES string of the molecule is N=C(N)c1cccc(N=Nc2c(N)ncc3ccc(Br)cc23)c1. The molecule has 5 N–H and O–H groups in total. The molecule has 0 unspecified atom stereocenters. The van der Waals surface area contributed by atoms with Crippen molar-refractivity contribution in [2.45, 2.75) is 0 Å². The molecule has 6 nitrogen and oxygen atoms in total. The van der Waals surface area contributed by atoms with E-state index in [4.69, 9.17) is 16.9 Å². The summed E-state index contributed by atoms with van der Waals surface area (Å²) >= 11 is 3.44. The summed E-state index contributed by atoms with van der Waals surface area (Å²) in [7, 11) is 0. The summed E-state index contributed by atoms with van der Waals surface area (Å²) < 4.78 is 0.922. The number of anilines is 1. The van der Waals surface area contributed by atoms with Crippen LogP contribution >= 0.6 is 15.9 Å². The topological polar surface area (TPSA) is 114 Å². The lowest BCUT2D eigenvalue weighted by Crippen LogP contribution is -2.10. The number of aromatic nitrogens is 1. The average molecular weight is 369 g/mol. The van der Waals surface area contributed by atoms with Crippen molar-refractivity contribution in [3.8, 4) is 0 Å². The summed E-state index contributed by atoms with van der Waals surface area (Å²) in [5.41, 5.74) is 13.1. The van der Waals surface area contributed by atoms with E-state index in [1.165, 1.54) is 0 Å². The second-order valence-electron chi connectivity index (χ2n) is 4.89. The molecule has 0 atom stereocenters. The van der Waals surface area contributed by atoms with Crippen LogP contribution in [0.1, 0.15) is 5.56 Å². The van der Waals surface area contributed by atoms with E-state index in [0.717, 1.165) is 15.2 Å². The van der Waals surface area contributed by atoms with Crippen LogP contribution in [0.4, 0.5) is 17.2 Å². The largest absolute Gasteiger partial charge is 0.384 e. The van der Waals surface area contributed by atoms with Crippen molar-refractivity contribution in [3.05, 3.63) is 58.7 Å². The van der Waals surface area contributed by atoms with Gasteiger partial charge in [0.05, 0.1) is 5.69 Å². The van der Waals surface area contributed by atoms with Crippen LogP contribution in [-0.4, -0.2) is 10.8 Å². The van der Waals surface area contributed by atoms with Gasteiger partial charge in [-0.15, -0.1) is 5.11 Å². The van der Waals surface area contributed by atoms with Crippen LogP contribution in [0.15, 0.2) is 63.4 Å². The standard InChI is InChI=1S/C16H13BrN6/c17-11-5-4-10-8-21-16(20)14(13(10)7-11)23-22-12-3-1-2-9(6-12)15(18)19/h1-8H,(H3,18,19)(H2,20,21). The van der Waals surface area contributed by atoms with Crippen LogP contribution < -0.4 is 11.5 Å². The van der Waals surface area contributed by atoms with E-state index in [2.05, 4.69) is 31.1 Å². The quantitative estimate of drug-likeness (QED) is 0.364. The predicted molar refractivity (Wildman–Crippen MR) is 95.5 cm³/mol. The smallest absolute Gasteiger partial charge is 0.151 e. The molecule has 1 heterocycles. The monoisotopic (exact) mass is 368 g/mol. The molecule has 114 valence electrons. The number of azo groups is 1. The first kappa shape index (κ1) is 15.1. The minimum absolute atomic E-state index is 0.0164. The molecule has 0 aliphatic rings. The summed E-state index contributed by atoms with van der Waals surface area (Å²) in [6.45, 7) is 0. The molecule has 23 heavy (non-hydrogen) atoms. The van der Waals surface area contributed by atoms with Crippen LogP contribution in [0.5, 0.6) is 0 Å². The van der Waals surface area contributed by atoms with E-state index in [9.17, 15) is 0 Å². The molecular formula is C16H13BrN6. The van der Waals surface area contributed by atoms with Crippen LogP contribution in [-0.2, 0) is 0 Å². The summed E-state index contributed by atoms with van der Waals surface area (Å²) in [6.07, 6.45) is 1.70. The summed E-state index contributed by atoms with van der Waals surface area (Å²) in [5.74, 6) is 0.291. The third kappa shape index (κ3) is 3.19. The van der Waals surface area contributed by atoms with Gasteiger partial charge in [-0.1, -0.05) is 34.1 Å². The summed E-state index contributed by atoms with van der Waals surface area (Å²) in [5, 5.41) is 17.7. The van der Waals surface area contributed by atoms with Gasteiger partial charge in [-0.2, -0.15) is 5.11 Å². The van der Waals surface area contributed by atoms with Crippen molar-refractivity contribution in [1.82, 2.24) is 4.98 Å². The van der Waals surface area contributed by atoms with E-state index in [-0.39, 0.29) is 5.84 Å². The van der Waals surface area contributed by atoms with E-state index >= 15 is 0 Å². The second kappa shape index (κ2) is 6.13. The number of benzene rings is 2. The van der Waals surface area contributed by atoms with E-state index < -0.39 is 0 Å². The normalized spacial score (nSPS) is 11.2. The molecule has 0 amide bonds. The first-order valence-corrected chi connectivity index (χ1v) is 7.54. The van der Waals surface area contributed by atoms with Crippen molar-refractivity contribution in [3.63, 3.8) is 0 Å². The van der Waals surface area contributed by atoms with Crippen molar-refractivity contribution in [2.24, 2.45) is 16.0 Å². The maximum Gasteiger partial charge on any atom is 0.151 e. The lowest BCUT2D eigenvalue weighted by Gasteiger charge is -2.05. The number of nitrogens with zero attached hydrogens (tertiary/aromatic N) is 3. The zero-order valence-corrected chi connectivity index (χ0v) is 13.6. The third-order valence-corrected chi connectivity index (χ3v) is 3.77. The fourth-order valence-electron chi connectivity index (χ4n) is 2.13. The van der Waals surface area contributed by atoms with Crippen LogP contribution in [0.25, 0.3) is 10.8 Å². The number of nitrogen functional groups attached to an aromatic ring is 2. The number of fused-ring (bicyclic) bond motifs is 1. The third-order valence-electron chi connectivity index (χ3n) is 3.28. The summed E-state index contributed by atoms with van der Waals surface area (Å²) in [6, 6.07) is 12.8. The highest BCUT2D eigenvalue weighted by atomic mass is 79.9. The van der Waals surface area contributed by atoms with Gasteiger partial charge in [0, 0.05) is 27.0 Å². The molecule has 1 aromatic heterocycles. The van der Waals surface area contributed by atoms with Gasteiger partial charge in [0.2, 0.25) is 0 Å². The highest BCUT2D eigenvalue weighted by Gasteiger charge is 2.07. The molecule has 3 rings (SSSR count). The molecule has 0 saturated carbocycles. The van der Waals surface area contributed by atoms with Gasteiger partial charge < -0.3 is 11.5 Å². The van der Waals surface area contributed by atoms with Gasteiger partial charge in [-0.25, -0.2) is 4.98 Å². The molecular weight excluding hydrogens is 356 g/mol. The fourth-order valence-corrected chi connectivity index (χ4v) is 2.49. The lowest BCUT2D eigenvalue weighted by molar-refractivity contribution is 1.22. The van der Waals surface area contributed by atoms with Crippen molar-refractivity contribution >= 4 is 49.7 Å². The van der Waals surface area contributed by atoms with Crippen molar-refractivity contribution < 1.29 is 0 Å². The zero-order chi connectivity index (χ0) is 16.4. The Balaban J connectivity index is 2.07. The lowest BCUT2D eigenvalue weighted by atomic mass is 10.1. The fraction of sp³-hybridized carbons (Fsp3) is 0. The van der Waals surface area contributed by atoms with Gasteiger partial charge in [-0.3, -0.25) is 5.41 Å². The highest BCUT2D eigenvalue weighted by Crippen LogP contribution is 2.33. The van der Waals surface area contributed by atoms with E-state index in [0.29, 0.717) is 22.8 Å². The van der Waals surface area contributed by atoms with E-state index in [1.807, 2.05) is 18.2 Å². The molecule has 0 saturated heterocycles. The molecule has 0 radical (unpaired) electrons. The molecule has 0 spiro atoms. The predicted octanol–water partition coefficient (Wildman–Crippen LogP) is 4.28. The van der Waals surface area contributed by atoms with Crippen LogP contribution in [0.2, 0.25) is 0 Å². The van der Waals surface area contributed by atoms with Crippen LogP contribution in [0.3, 0.4) is 0 Å². The first-order chi connectivity index (χ1) is 11.0. The minimum atomic E-state index is -0.0164. The number of hydrogen-bond donors (Lipinski definition) is 3. The van der Waals surface area contributed by atoms with Crippen LogP contribution in [0, 0.1) is 5.41 Å². The summed E-state index contributed by atoms with van der Waals surface area (Å²) in [4.78, 5) is 4.15. The van der Waals surface area contributed by atoms with Crippen molar-refractivity contribution in [2.75, 3.05) is 5.73 Å². The molecule has 0 bridgehead atoms. The number of amidine groups is 1. The molecule has 2 aromatic carbocycles. The first-order valence-electron chi connectivity index (χ1n) is 6.74. The maximum atomic E-state index is 7.46. The Morgan fingerprint density at radius 3 is 2.74 bits per heavy atom. The Morgan fingerprint density at radius 1 is 1.13 bits per heavy atom. The van der Waals surface area contributed by atoms with Gasteiger partial charge in [0.1, 0.15) is 11.5 Å². The number of halogens is 1.